The Morgan fingerprint density at radius 2 is 1.80 bits per heavy atom. The highest BCUT2D eigenvalue weighted by molar-refractivity contribution is 7.99. The van der Waals surface area contributed by atoms with Crippen LogP contribution in [0, 0.1) is 0 Å². The van der Waals surface area contributed by atoms with Crippen molar-refractivity contribution in [2.75, 3.05) is 17.6 Å². The minimum Gasteiger partial charge on any atom is -0.384 e. The van der Waals surface area contributed by atoms with Gasteiger partial charge in [0.15, 0.2) is 0 Å². The lowest BCUT2D eigenvalue weighted by Crippen LogP contribution is -2.06. The number of alkyl halides is 3. The van der Waals surface area contributed by atoms with E-state index in [1.807, 2.05) is 30.3 Å². The summed E-state index contributed by atoms with van der Waals surface area (Å²) >= 11 is 1.42. The molecule has 0 spiro atoms. The predicted octanol–water partition coefficient (Wildman–Crippen LogP) is 4.30. The zero-order chi connectivity index (χ0) is 14.4. The van der Waals surface area contributed by atoms with Gasteiger partial charge < -0.3 is 5.32 Å². The highest BCUT2D eigenvalue weighted by Gasteiger charge is 2.30. The van der Waals surface area contributed by atoms with Crippen LogP contribution in [0.1, 0.15) is 5.56 Å². The zero-order valence-electron chi connectivity index (χ0n) is 10.5. The number of rotatable bonds is 5. The van der Waals surface area contributed by atoms with Crippen LogP contribution in [0.4, 0.5) is 18.9 Å². The zero-order valence-corrected chi connectivity index (χ0v) is 11.3. The largest absolute Gasteiger partial charge is 0.417 e. The van der Waals surface area contributed by atoms with Crippen molar-refractivity contribution in [3.63, 3.8) is 0 Å². The number of hydrogen-bond acceptors (Lipinski definition) is 3. The summed E-state index contributed by atoms with van der Waals surface area (Å²) in [6, 6.07) is 12.2. The fourth-order valence-corrected chi connectivity index (χ4v) is 2.25. The third-order valence-corrected chi connectivity index (χ3v) is 3.46. The van der Waals surface area contributed by atoms with Crippen molar-refractivity contribution < 1.29 is 13.2 Å². The van der Waals surface area contributed by atoms with E-state index in [1.165, 1.54) is 17.8 Å². The minimum absolute atomic E-state index is 0.591. The average Bonchev–Trinajstić information content (AvgIpc) is 2.44. The van der Waals surface area contributed by atoms with Gasteiger partial charge in [0.2, 0.25) is 0 Å². The quantitative estimate of drug-likeness (QED) is 0.658. The Labute approximate surface area is 119 Å². The van der Waals surface area contributed by atoms with E-state index in [4.69, 9.17) is 0 Å². The van der Waals surface area contributed by atoms with Gasteiger partial charge in [0.25, 0.3) is 0 Å². The molecule has 1 aromatic carbocycles. The standard InChI is InChI=1S/C14H13F3N2S/c15-14(16,17)11-6-7-13(19-10-11)20-9-8-18-12-4-2-1-3-5-12/h1-7,10,18H,8-9H2. The van der Waals surface area contributed by atoms with Gasteiger partial charge in [-0.3, -0.25) is 0 Å². The molecule has 0 saturated heterocycles. The van der Waals surface area contributed by atoms with Gasteiger partial charge in [-0.15, -0.1) is 11.8 Å². The summed E-state index contributed by atoms with van der Waals surface area (Å²) in [6.07, 6.45) is -3.46. The molecule has 0 fully saturated rings. The molecule has 1 N–H and O–H groups in total. The molecule has 20 heavy (non-hydrogen) atoms. The Bertz CT molecular complexity index is 526. The minimum atomic E-state index is -4.33. The van der Waals surface area contributed by atoms with Crippen molar-refractivity contribution in [2.24, 2.45) is 0 Å². The number of aromatic nitrogens is 1. The number of benzene rings is 1. The normalized spacial score (nSPS) is 11.3. The fourth-order valence-electron chi connectivity index (χ4n) is 1.54. The van der Waals surface area contributed by atoms with Gasteiger partial charge in [0.1, 0.15) is 0 Å². The van der Waals surface area contributed by atoms with Gasteiger partial charge >= 0.3 is 6.18 Å². The van der Waals surface area contributed by atoms with Crippen molar-refractivity contribution in [3.05, 3.63) is 54.2 Å². The molecule has 0 atom stereocenters. The summed E-state index contributed by atoms with van der Waals surface area (Å²) in [7, 11) is 0. The molecule has 0 amide bonds. The van der Waals surface area contributed by atoms with E-state index in [0.29, 0.717) is 5.03 Å². The molecule has 6 heteroatoms. The van der Waals surface area contributed by atoms with Crippen LogP contribution < -0.4 is 5.32 Å². The van der Waals surface area contributed by atoms with Crippen molar-refractivity contribution in [1.29, 1.82) is 0 Å². The first kappa shape index (κ1) is 14.7. The topological polar surface area (TPSA) is 24.9 Å². The molecule has 0 unspecified atom stereocenters. The fraction of sp³-hybridized carbons (Fsp3) is 0.214. The lowest BCUT2D eigenvalue weighted by molar-refractivity contribution is -0.137. The number of nitrogens with one attached hydrogen (secondary N) is 1. The van der Waals surface area contributed by atoms with E-state index in [0.717, 1.165) is 30.2 Å². The van der Waals surface area contributed by atoms with Crippen LogP contribution in [0.3, 0.4) is 0 Å². The summed E-state index contributed by atoms with van der Waals surface area (Å²) in [5.41, 5.74) is 0.303. The molecule has 0 aliphatic heterocycles. The molecule has 0 aliphatic carbocycles. The summed E-state index contributed by atoms with van der Waals surface area (Å²) in [6.45, 7) is 0.720. The third kappa shape index (κ3) is 4.45. The number of anilines is 1. The monoisotopic (exact) mass is 298 g/mol. The van der Waals surface area contributed by atoms with Gasteiger partial charge in [-0.1, -0.05) is 18.2 Å². The molecule has 0 bridgehead atoms. The highest BCUT2D eigenvalue weighted by atomic mass is 32.2. The smallest absolute Gasteiger partial charge is 0.384 e. The molecule has 0 aliphatic rings. The summed E-state index contributed by atoms with van der Waals surface area (Å²) in [4.78, 5) is 3.80. The van der Waals surface area contributed by atoms with Crippen LogP contribution in [0.15, 0.2) is 53.7 Å². The van der Waals surface area contributed by atoms with E-state index < -0.39 is 11.7 Å². The Morgan fingerprint density at radius 1 is 1.05 bits per heavy atom. The summed E-state index contributed by atoms with van der Waals surface area (Å²) in [5, 5.41) is 3.81. The predicted molar refractivity (Wildman–Crippen MR) is 74.9 cm³/mol. The maximum atomic E-state index is 12.4. The number of para-hydroxylation sites is 1. The maximum Gasteiger partial charge on any atom is 0.417 e. The Morgan fingerprint density at radius 3 is 2.40 bits per heavy atom. The number of pyridine rings is 1. The Balaban J connectivity index is 1.77. The first-order valence-electron chi connectivity index (χ1n) is 6.01. The van der Waals surface area contributed by atoms with Crippen molar-refractivity contribution >= 4 is 17.4 Å². The van der Waals surface area contributed by atoms with Crippen LogP contribution in [0.25, 0.3) is 0 Å². The van der Waals surface area contributed by atoms with E-state index in [9.17, 15) is 13.2 Å². The second-order valence-corrected chi connectivity index (χ2v) is 5.14. The van der Waals surface area contributed by atoms with Gasteiger partial charge in [-0.05, 0) is 24.3 Å². The second kappa shape index (κ2) is 6.65. The molecular formula is C14H13F3N2S. The summed E-state index contributed by atoms with van der Waals surface area (Å²) in [5.74, 6) is 0.729. The summed E-state index contributed by atoms with van der Waals surface area (Å²) < 4.78 is 37.1. The first-order valence-corrected chi connectivity index (χ1v) is 6.99. The molecule has 1 heterocycles. The number of nitrogens with zero attached hydrogens (tertiary/aromatic N) is 1. The molecule has 0 radical (unpaired) electrons. The molecular weight excluding hydrogens is 285 g/mol. The molecule has 106 valence electrons. The van der Waals surface area contributed by atoms with Crippen LogP contribution in [0.5, 0.6) is 0 Å². The number of halogens is 3. The van der Waals surface area contributed by atoms with E-state index in [1.54, 1.807) is 0 Å². The SMILES string of the molecule is FC(F)(F)c1ccc(SCCNc2ccccc2)nc1. The van der Waals surface area contributed by atoms with Gasteiger partial charge in [0, 0.05) is 24.2 Å². The van der Waals surface area contributed by atoms with Crippen LogP contribution in [0.2, 0.25) is 0 Å². The van der Waals surface area contributed by atoms with Gasteiger partial charge in [-0.2, -0.15) is 13.2 Å². The molecule has 1 aromatic heterocycles. The van der Waals surface area contributed by atoms with Crippen LogP contribution >= 0.6 is 11.8 Å². The van der Waals surface area contributed by atoms with E-state index >= 15 is 0 Å². The highest BCUT2D eigenvalue weighted by Crippen LogP contribution is 2.29. The first-order chi connectivity index (χ1) is 9.55. The van der Waals surface area contributed by atoms with Crippen LogP contribution in [-0.4, -0.2) is 17.3 Å². The van der Waals surface area contributed by atoms with Crippen LogP contribution in [-0.2, 0) is 6.18 Å². The molecule has 2 rings (SSSR count). The maximum absolute atomic E-state index is 12.4. The second-order valence-electron chi connectivity index (χ2n) is 4.02. The van der Waals surface area contributed by atoms with E-state index in [-0.39, 0.29) is 0 Å². The van der Waals surface area contributed by atoms with Gasteiger partial charge in [0.05, 0.1) is 10.6 Å². The Hall–Kier alpha value is -1.69. The number of thioether (sulfide) groups is 1. The van der Waals surface area contributed by atoms with Gasteiger partial charge in [-0.25, -0.2) is 4.98 Å². The lowest BCUT2D eigenvalue weighted by Gasteiger charge is -2.07. The average molecular weight is 298 g/mol. The van der Waals surface area contributed by atoms with Crippen molar-refractivity contribution in [1.82, 2.24) is 4.98 Å². The molecule has 2 nitrogen and oxygen atoms in total. The number of hydrogen-bond donors (Lipinski definition) is 1. The lowest BCUT2D eigenvalue weighted by atomic mass is 10.3. The Kier molecular flexibility index (Phi) is 4.89. The van der Waals surface area contributed by atoms with Crippen molar-refractivity contribution in [2.45, 2.75) is 11.2 Å². The third-order valence-electron chi connectivity index (χ3n) is 2.52. The van der Waals surface area contributed by atoms with Crippen molar-refractivity contribution in [3.8, 4) is 0 Å². The van der Waals surface area contributed by atoms with E-state index in [2.05, 4.69) is 10.3 Å². The molecule has 2 aromatic rings. The molecule has 0 saturated carbocycles.